The summed E-state index contributed by atoms with van der Waals surface area (Å²) in [5, 5.41) is 9.70. The quantitative estimate of drug-likeness (QED) is 0.784. The van der Waals surface area contributed by atoms with Crippen molar-refractivity contribution in [1.29, 1.82) is 0 Å². The summed E-state index contributed by atoms with van der Waals surface area (Å²) in [6.45, 7) is 0. The SMILES string of the molecule is O=C(O)c1cncc(Oc2cccc3ncccc23)n1. The molecule has 3 aromatic rings. The van der Waals surface area contributed by atoms with Gasteiger partial charge in [-0.2, -0.15) is 0 Å². The van der Waals surface area contributed by atoms with E-state index in [1.54, 1.807) is 24.4 Å². The van der Waals surface area contributed by atoms with Crippen LogP contribution in [0.1, 0.15) is 10.5 Å². The lowest BCUT2D eigenvalue weighted by Gasteiger charge is -2.07. The third-order valence-corrected chi connectivity index (χ3v) is 2.65. The fourth-order valence-electron chi connectivity index (χ4n) is 1.78. The maximum absolute atomic E-state index is 10.8. The van der Waals surface area contributed by atoms with E-state index in [4.69, 9.17) is 9.84 Å². The zero-order chi connectivity index (χ0) is 13.9. The minimum Gasteiger partial charge on any atom is -0.476 e. The number of pyridine rings is 1. The highest BCUT2D eigenvalue weighted by Gasteiger charge is 2.09. The van der Waals surface area contributed by atoms with Crippen LogP contribution in [0.3, 0.4) is 0 Å². The number of ether oxygens (including phenoxy) is 1. The molecule has 2 heterocycles. The van der Waals surface area contributed by atoms with Gasteiger partial charge in [-0.25, -0.2) is 9.78 Å². The molecule has 20 heavy (non-hydrogen) atoms. The number of carboxylic acids is 1. The highest BCUT2D eigenvalue weighted by molar-refractivity contribution is 5.86. The summed E-state index contributed by atoms with van der Waals surface area (Å²) in [4.78, 5) is 22.7. The standard InChI is InChI=1S/C14H9N3O3/c18-14(19)11-7-15-8-13(17-11)20-12-5-1-4-10-9(12)3-2-6-16-10/h1-8H,(H,18,19). The van der Waals surface area contributed by atoms with Crippen molar-refractivity contribution in [3.63, 3.8) is 0 Å². The number of fused-ring (bicyclic) bond motifs is 1. The average Bonchev–Trinajstić information content (AvgIpc) is 2.48. The lowest BCUT2D eigenvalue weighted by Crippen LogP contribution is -2.02. The van der Waals surface area contributed by atoms with Gasteiger partial charge in [0.1, 0.15) is 5.75 Å². The number of aromatic carboxylic acids is 1. The molecule has 1 aromatic carbocycles. The Morgan fingerprint density at radius 2 is 2.05 bits per heavy atom. The van der Waals surface area contributed by atoms with E-state index in [1.165, 1.54) is 12.4 Å². The molecule has 0 aliphatic heterocycles. The first-order valence-electron chi connectivity index (χ1n) is 5.81. The van der Waals surface area contributed by atoms with Crippen LogP contribution in [0.25, 0.3) is 10.9 Å². The first-order valence-corrected chi connectivity index (χ1v) is 5.81. The second-order valence-electron chi connectivity index (χ2n) is 3.98. The van der Waals surface area contributed by atoms with Crippen molar-refractivity contribution in [2.24, 2.45) is 0 Å². The van der Waals surface area contributed by atoms with Gasteiger partial charge in [0.25, 0.3) is 0 Å². The third-order valence-electron chi connectivity index (χ3n) is 2.65. The van der Waals surface area contributed by atoms with Gasteiger partial charge in [-0.1, -0.05) is 6.07 Å². The van der Waals surface area contributed by atoms with Gasteiger partial charge in [-0.3, -0.25) is 9.97 Å². The van der Waals surface area contributed by atoms with Crippen LogP contribution in [-0.4, -0.2) is 26.0 Å². The number of carbonyl (C=O) groups is 1. The van der Waals surface area contributed by atoms with Gasteiger partial charge in [0.15, 0.2) is 5.69 Å². The van der Waals surface area contributed by atoms with E-state index in [0.717, 1.165) is 10.9 Å². The lowest BCUT2D eigenvalue weighted by atomic mass is 10.2. The van der Waals surface area contributed by atoms with E-state index in [1.807, 2.05) is 12.1 Å². The molecule has 0 saturated heterocycles. The van der Waals surface area contributed by atoms with Crippen LogP contribution in [-0.2, 0) is 0 Å². The zero-order valence-electron chi connectivity index (χ0n) is 10.2. The van der Waals surface area contributed by atoms with Gasteiger partial charge in [-0.15, -0.1) is 0 Å². The Balaban J connectivity index is 2.01. The van der Waals surface area contributed by atoms with E-state index >= 15 is 0 Å². The summed E-state index contributed by atoms with van der Waals surface area (Å²) in [6.07, 6.45) is 4.22. The molecule has 6 nitrogen and oxygen atoms in total. The molecule has 0 bridgehead atoms. The van der Waals surface area contributed by atoms with Gasteiger partial charge in [0.2, 0.25) is 5.88 Å². The molecule has 0 unspecified atom stereocenters. The summed E-state index contributed by atoms with van der Waals surface area (Å²) in [5.74, 6) is -0.476. The van der Waals surface area contributed by atoms with Gasteiger partial charge < -0.3 is 9.84 Å². The summed E-state index contributed by atoms with van der Waals surface area (Å²) in [7, 11) is 0. The maximum atomic E-state index is 10.8. The molecule has 0 aliphatic rings. The minimum absolute atomic E-state index is 0.126. The van der Waals surface area contributed by atoms with E-state index in [0.29, 0.717) is 5.75 Å². The van der Waals surface area contributed by atoms with E-state index in [9.17, 15) is 4.79 Å². The number of rotatable bonds is 3. The monoisotopic (exact) mass is 267 g/mol. The Kier molecular flexibility index (Phi) is 2.96. The summed E-state index contributed by atoms with van der Waals surface area (Å²) in [6, 6.07) is 9.10. The van der Waals surface area contributed by atoms with Crippen LogP contribution in [0.4, 0.5) is 0 Å². The molecule has 0 radical (unpaired) electrons. The highest BCUT2D eigenvalue weighted by Crippen LogP contribution is 2.27. The molecule has 0 aliphatic carbocycles. The predicted octanol–water partition coefficient (Wildman–Crippen LogP) is 2.52. The Hall–Kier alpha value is -3.02. The Morgan fingerprint density at radius 3 is 2.90 bits per heavy atom. The Morgan fingerprint density at radius 1 is 1.15 bits per heavy atom. The van der Waals surface area contributed by atoms with Gasteiger partial charge in [-0.05, 0) is 24.3 Å². The predicted molar refractivity (Wildman–Crippen MR) is 70.8 cm³/mol. The van der Waals surface area contributed by atoms with Crippen LogP contribution in [0.15, 0.2) is 48.9 Å². The second kappa shape index (κ2) is 4.93. The molecule has 6 heteroatoms. The molecular weight excluding hydrogens is 258 g/mol. The molecule has 98 valence electrons. The van der Waals surface area contributed by atoms with Crippen molar-refractivity contribution in [1.82, 2.24) is 15.0 Å². The number of aromatic nitrogens is 3. The number of hydrogen-bond donors (Lipinski definition) is 1. The Labute approximate surface area is 113 Å². The van der Waals surface area contributed by atoms with E-state index in [-0.39, 0.29) is 11.6 Å². The number of carboxylic acid groups (broad SMARTS) is 1. The largest absolute Gasteiger partial charge is 0.476 e. The van der Waals surface area contributed by atoms with Crippen molar-refractivity contribution < 1.29 is 14.6 Å². The molecule has 0 saturated carbocycles. The molecule has 0 atom stereocenters. The van der Waals surface area contributed by atoms with Crippen molar-refractivity contribution in [2.45, 2.75) is 0 Å². The molecule has 1 N–H and O–H groups in total. The van der Waals surface area contributed by atoms with Crippen LogP contribution < -0.4 is 4.74 Å². The average molecular weight is 267 g/mol. The minimum atomic E-state index is -1.15. The molecule has 0 amide bonds. The van der Waals surface area contributed by atoms with Gasteiger partial charge in [0.05, 0.1) is 17.9 Å². The zero-order valence-corrected chi connectivity index (χ0v) is 10.2. The van der Waals surface area contributed by atoms with Crippen LogP contribution >= 0.6 is 0 Å². The Bertz CT molecular complexity index is 784. The molecule has 0 spiro atoms. The van der Waals surface area contributed by atoms with Crippen molar-refractivity contribution in [3.05, 3.63) is 54.6 Å². The topological polar surface area (TPSA) is 85.2 Å². The van der Waals surface area contributed by atoms with Crippen LogP contribution in [0, 0.1) is 0 Å². The van der Waals surface area contributed by atoms with Gasteiger partial charge >= 0.3 is 5.97 Å². The van der Waals surface area contributed by atoms with Gasteiger partial charge in [0, 0.05) is 11.6 Å². The number of nitrogens with zero attached hydrogens (tertiary/aromatic N) is 3. The van der Waals surface area contributed by atoms with Crippen molar-refractivity contribution in [2.75, 3.05) is 0 Å². The normalized spacial score (nSPS) is 10.4. The fraction of sp³-hybridized carbons (Fsp3) is 0. The molecule has 0 fully saturated rings. The van der Waals surface area contributed by atoms with Crippen molar-refractivity contribution in [3.8, 4) is 11.6 Å². The second-order valence-corrected chi connectivity index (χ2v) is 3.98. The van der Waals surface area contributed by atoms with E-state index < -0.39 is 5.97 Å². The fourth-order valence-corrected chi connectivity index (χ4v) is 1.78. The number of benzene rings is 1. The number of hydrogen-bond acceptors (Lipinski definition) is 5. The third kappa shape index (κ3) is 2.26. The maximum Gasteiger partial charge on any atom is 0.356 e. The first-order chi connectivity index (χ1) is 9.74. The van der Waals surface area contributed by atoms with E-state index in [2.05, 4.69) is 15.0 Å². The van der Waals surface area contributed by atoms with Crippen molar-refractivity contribution >= 4 is 16.9 Å². The first kappa shape index (κ1) is 12.0. The summed E-state index contributed by atoms with van der Waals surface area (Å²) < 4.78 is 5.61. The van der Waals surface area contributed by atoms with Crippen LogP contribution in [0.2, 0.25) is 0 Å². The smallest absolute Gasteiger partial charge is 0.356 e. The highest BCUT2D eigenvalue weighted by atomic mass is 16.5. The molecular formula is C14H9N3O3. The summed E-state index contributed by atoms with van der Waals surface area (Å²) >= 11 is 0. The summed E-state index contributed by atoms with van der Waals surface area (Å²) in [5.41, 5.74) is 0.619. The lowest BCUT2D eigenvalue weighted by molar-refractivity contribution is 0.0689. The molecule has 2 aromatic heterocycles. The van der Waals surface area contributed by atoms with Crippen LogP contribution in [0.5, 0.6) is 11.6 Å². The molecule has 3 rings (SSSR count).